The number of aliphatic hydroxyl groups excluding tert-OH is 1. The molecule has 4 N–H and O–H groups in total. The average Bonchev–Trinajstić information content (AvgIpc) is 3.30. The van der Waals surface area contributed by atoms with E-state index in [4.69, 9.17) is 9.90 Å². The Labute approximate surface area is 185 Å². The van der Waals surface area contributed by atoms with Crippen molar-refractivity contribution in [3.63, 3.8) is 0 Å². The Bertz CT molecular complexity index is 1040. The predicted octanol–water partition coefficient (Wildman–Crippen LogP) is 3.88. The SMILES string of the molecule is O=C(Nc1ccc(-c2cn[nH]c2)cc1F)N(CCO)Cc1ccccc1.O=C(O)C(F)(F)F. The van der Waals surface area contributed by atoms with Crippen molar-refractivity contribution >= 4 is 17.7 Å². The van der Waals surface area contributed by atoms with E-state index in [2.05, 4.69) is 15.5 Å². The number of aliphatic hydroxyl groups is 1. The first-order chi connectivity index (χ1) is 15.6. The van der Waals surface area contributed by atoms with Crippen molar-refractivity contribution in [3.05, 3.63) is 72.3 Å². The summed E-state index contributed by atoms with van der Waals surface area (Å²) < 4.78 is 46.1. The van der Waals surface area contributed by atoms with Gasteiger partial charge in [0, 0.05) is 24.8 Å². The quantitative estimate of drug-likeness (QED) is 0.410. The lowest BCUT2D eigenvalue weighted by atomic mass is 10.1. The van der Waals surface area contributed by atoms with Gasteiger partial charge in [0.05, 0.1) is 18.5 Å². The Balaban J connectivity index is 0.000000479. The van der Waals surface area contributed by atoms with Gasteiger partial charge in [-0.25, -0.2) is 14.0 Å². The fraction of sp³-hybridized carbons (Fsp3) is 0.190. The zero-order valence-electron chi connectivity index (χ0n) is 17.0. The van der Waals surface area contributed by atoms with E-state index in [1.165, 1.54) is 17.0 Å². The van der Waals surface area contributed by atoms with Gasteiger partial charge in [-0.15, -0.1) is 0 Å². The van der Waals surface area contributed by atoms with Gasteiger partial charge in [0.2, 0.25) is 0 Å². The van der Waals surface area contributed by atoms with Crippen LogP contribution in [0.25, 0.3) is 11.1 Å². The molecule has 0 aliphatic carbocycles. The van der Waals surface area contributed by atoms with Gasteiger partial charge in [0.25, 0.3) is 0 Å². The molecule has 1 aromatic heterocycles. The zero-order valence-corrected chi connectivity index (χ0v) is 17.0. The maximum absolute atomic E-state index is 14.4. The number of carbonyl (C=O) groups excluding carboxylic acids is 1. The molecule has 1 heterocycles. The summed E-state index contributed by atoms with van der Waals surface area (Å²) >= 11 is 0. The van der Waals surface area contributed by atoms with Crippen LogP contribution in [0, 0.1) is 5.82 Å². The number of halogens is 4. The number of carboxylic acids is 1. The number of aromatic nitrogens is 2. The van der Waals surface area contributed by atoms with Crippen molar-refractivity contribution in [2.45, 2.75) is 12.7 Å². The number of carboxylic acid groups (broad SMARTS) is 1. The third-order valence-corrected chi connectivity index (χ3v) is 4.16. The second-order valence-corrected chi connectivity index (χ2v) is 6.55. The lowest BCUT2D eigenvalue weighted by Crippen LogP contribution is -2.36. The van der Waals surface area contributed by atoms with Crippen LogP contribution in [0.4, 0.5) is 28.0 Å². The third kappa shape index (κ3) is 7.92. The van der Waals surface area contributed by atoms with Crippen LogP contribution in [0.15, 0.2) is 60.9 Å². The number of aromatic amines is 1. The highest BCUT2D eigenvalue weighted by Gasteiger charge is 2.38. The Morgan fingerprint density at radius 3 is 2.27 bits per heavy atom. The first-order valence-electron chi connectivity index (χ1n) is 9.41. The van der Waals surface area contributed by atoms with Crippen molar-refractivity contribution in [2.24, 2.45) is 0 Å². The summed E-state index contributed by atoms with van der Waals surface area (Å²) in [6.07, 6.45) is -1.83. The summed E-state index contributed by atoms with van der Waals surface area (Å²) in [5.74, 6) is -3.30. The molecule has 176 valence electrons. The van der Waals surface area contributed by atoms with Gasteiger partial charge in [-0.05, 0) is 23.3 Å². The molecule has 2 amide bonds. The molecule has 0 saturated heterocycles. The molecule has 3 aromatic rings. The first kappa shape index (κ1) is 25.3. The Morgan fingerprint density at radius 1 is 1.09 bits per heavy atom. The topological polar surface area (TPSA) is 119 Å². The molecule has 33 heavy (non-hydrogen) atoms. The number of amides is 2. The van der Waals surface area contributed by atoms with E-state index in [0.29, 0.717) is 12.1 Å². The molecule has 0 aliphatic heterocycles. The second-order valence-electron chi connectivity index (χ2n) is 6.55. The molecule has 0 saturated carbocycles. The minimum Gasteiger partial charge on any atom is -0.475 e. The van der Waals surface area contributed by atoms with E-state index in [1.54, 1.807) is 18.5 Å². The smallest absolute Gasteiger partial charge is 0.475 e. The number of urea groups is 1. The van der Waals surface area contributed by atoms with Crippen LogP contribution in [-0.4, -0.2) is 56.6 Å². The molecule has 0 bridgehead atoms. The van der Waals surface area contributed by atoms with Gasteiger partial charge in [-0.3, -0.25) is 5.10 Å². The molecule has 0 radical (unpaired) electrons. The molecule has 0 aliphatic rings. The molecule has 0 unspecified atom stereocenters. The Kier molecular flexibility index (Phi) is 8.92. The molecule has 12 heteroatoms. The molecular formula is C21H20F4N4O4. The van der Waals surface area contributed by atoms with Crippen molar-refractivity contribution in [1.82, 2.24) is 15.1 Å². The zero-order chi connectivity index (χ0) is 24.4. The number of carbonyl (C=O) groups is 2. The molecular weight excluding hydrogens is 448 g/mol. The van der Waals surface area contributed by atoms with Gasteiger partial charge < -0.3 is 20.4 Å². The fourth-order valence-corrected chi connectivity index (χ4v) is 2.58. The number of benzene rings is 2. The highest BCUT2D eigenvalue weighted by molar-refractivity contribution is 5.89. The van der Waals surface area contributed by atoms with E-state index in [-0.39, 0.29) is 18.8 Å². The summed E-state index contributed by atoms with van der Waals surface area (Å²) in [5.41, 5.74) is 2.42. The molecule has 8 nitrogen and oxygen atoms in total. The number of H-pyrrole nitrogens is 1. The average molecular weight is 468 g/mol. The minimum atomic E-state index is -5.08. The number of alkyl halides is 3. The normalized spacial score (nSPS) is 10.7. The van der Waals surface area contributed by atoms with Crippen LogP contribution in [0.5, 0.6) is 0 Å². The van der Waals surface area contributed by atoms with E-state index in [9.17, 15) is 27.5 Å². The van der Waals surface area contributed by atoms with Gasteiger partial charge in [-0.1, -0.05) is 36.4 Å². The number of nitrogens with zero attached hydrogens (tertiary/aromatic N) is 2. The monoisotopic (exact) mass is 468 g/mol. The Morgan fingerprint density at radius 2 is 1.76 bits per heavy atom. The molecule has 2 aromatic carbocycles. The van der Waals surface area contributed by atoms with Crippen molar-refractivity contribution < 1.29 is 37.4 Å². The molecule has 0 atom stereocenters. The van der Waals surface area contributed by atoms with E-state index >= 15 is 0 Å². The maximum Gasteiger partial charge on any atom is 0.490 e. The summed E-state index contributed by atoms with van der Waals surface area (Å²) in [5, 5.41) is 25.4. The standard InChI is InChI=1S/C19H19FN4O2.C2HF3O2/c20-17-10-15(16-11-21-22-12-16)6-7-18(17)23-19(26)24(8-9-25)13-14-4-2-1-3-5-14;3-2(4,5)1(6)7/h1-7,10-12,25H,8-9,13H2,(H,21,22)(H,23,26);(H,6,7). The third-order valence-electron chi connectivity index (χ3n) is 4.16. The lowest BCUT2D eigenvalue weighted by molar-refractivity contribution is -0.192. The van der Waals surface area contributed by atoms with Gasteiger partial charge in [-0.2, -0.15) is 18.3 Å². The van der Waals surface area contributed by atoms with Gasteiger partial charge in [0.15, 0.2) is 0 Å². The summed E-state index contributed by atoms with van der Waals surface area (Å²) in [7, 11) is 0. The number of nitrogens with one attached hydrogen (secondary N) is 2. The van der Waals surface area contributed by atoms with Crippen molar-refractivity contribution in [2.75, 3.05) is 18.5 Å². The highest BCUT2D eigenvalue weighted by Crippen LogP contribution is 2.24. The summed E-state index contributed by atoms with van der Waals surface area (Å²) in [6, 6.07) is 13.5. The van der Waals surface area contributed by atoms with Crippen LogP contribution < -0.4 is 5.32 Å². The molecule has 3 rings (SSSR count). The number of aliphatic carboxylic acids is 1. The largest absolute Gasteiger partial charge is 0.490 e. The van der Waals surface area contributed by atoms with Crippen LogP contribution in [0.3, 0.4) is 0 Å². The number of rotatable bonds is 6. The van der Waals surface area contributed by atoms with Crippen LogP contribution >= 0.6 is 0 Å². The van der Waals surface area contributed by atoms with Crippen LogP contribution in [0.1, 0.15) is 5.56 Å². The summed E-state index contributed by atoms with van der Waals surface area (Å²) in [4.78, 5) is 22.8. The number of hydrogen-bond donors (Lipinski definition) is 4. The Hall–Kier alpha value is -3.93. The summed E-state index contributed by atoms with van der Waals surface area (Å²) in [6.45, 7) is 0.291. The van der Waals surface area contributed by atoms with E-state index in [1.807, 2.05) is 30.3 Å². The predicted molar refractivity (Wildman–Crippen MR) is 111 cm³/mol. The van der Waals surface area contributed by atoms with Crippen LogP contribution in [-0.2, 0) is 11.3 Å². The molecule has 0 fully saturated rings. The molecule has 0 spiro atoms. The lowest BCUT2D eigenvalue weighted by Gasteiger charge is -2.22. The first-order valence-corrected chi connectivity index (χ1v) is 9.41. The van der Waals surface area contributed by atoms with E-state index in [0.717, 1.165) is 11.1 Å². The van der Waals surface area contributed by atoms with Crippen molar-refractivity contribution in [3.8, 4) is 11.1 Å². The van der Waals surface area contributed by atoms with Crippen molar-refractivity contribution in [1.29, 1.82) is 0 Å². The van der Waals surface area contributed by atoms with Gasteiger partial charge >= 0.3 is 18.2 Å². The van der Waals surface area contributed by atoms with E-state index < -0.39 is 24.0 Å². The number of hydrogen-bond acceptors (Lipinski definition) is 4. The second kappa shape index (κ2) is 11.6. The number of anilines is 1. The minimum absolute atomic E-state index is 0.0817. The highest BCUT2D eigenvalue weighted by atomic mass is 19.4. The maximum atomic E-state index is 14.4. The fourth-order valence-electron chi connectivity index (χ4n) is 2.58. The van der Waals surface area contributed by atoms with Gasteiger partial charge in [0.1, 0.15) is 5.82 Å². The van der Waals surface area contributed by atoms with Crippen LogP contribution in [0.2, 0.25) is 0 Å².